The predicted octanol–water partition coefficient (Wildman–Crippen LogP) is 3.67. The molecule has 23 heavy (non-hydrogen) atoms. The van der Waals surface area contributed by atoms with Crippen molar-refractivity contribution in [1.29, 1.82) is 0 Å². The monoisotopic (exact) mass is 339 g/mol. The third kappa shape index (κ3) is 8.16. The summed E-state index contributed by atoms with van der Waals surface area (Å²) in [6.07, 6.45) is 0.159. The van der Waals surface area contributed by atoms with Gasteiger partial charge in [-0.05, 0) is 53.5 Å². The Morgan fingerprint density at radius 3 is 2.17 bits per heavy atom. The van der Waals surface area contributed by atoms with E-state index >= 15 is 0 Å². The molecule has 0 spiro atoms. The number of hydrogen-bond donors (Lipinski definition) is 1. The molecular weight excluding hydrogens is 310 g/mol. The lowest BCUT2D eigenvalue weighted by Gasteiger charge is -2.26. The van der Waals surface area contributed by atoms with Crippen LogP contribution in [0.2, 0.25) is 0 Å². The standard InChI is InChI=1S/C18H29NO3S/c1-17(2,3)22-16(20)19-15(13-23(21)18(4,5)6)12-14-10-8-7-9-11-14/h7-11,15H,12-13H2,1-6H3,(H,19,20)/t15-,23+/m0/s1. The Hall–Kier alpha value is -1.36. The van der Waals surface area contributed by atoms with E-state index in [0.29, 0.717) is 12.2 Å². The van der Waals surface area contributed by atoms with E-state index in [1.807, 2.05) is 71.9 Å². The third-order valence-corrected chi connectivity index (χ3v) is 5.15. The molecule has 0 heterocycles. The van der Waals surface area contributed by atoms with Crippen molar-refractivity contribution >= 4 is 16.9 Å². The van der Waals surface area contributed by atoms with E-state index < -0.39 is 22.5 Å². The fourth-order valence-electron chi connectivity index (χ4n) is 1.96. The topological polar surface area (TPSA) is 55.4 Å². The van der Waals surface area contributed by atoms with Crippen LogP contribution in [-0.2, 0) is 22.0 Å². The average Bonchev–Trinajstić information content (AvgIpc) is 2.36. The molecule has 130 valence electrons. The first kappa shape index (κ1) is 19.7. The van der Waals surface area contributed by atoms with Crippen LogP contribution >= 0.6 is 0 Å². The van der Waals surface area contributed by atoms with Crippen LogP contribution < -0.4 is 5.32 Å². The Labute approximate surface area is 142 Å². The van der Waals surface area contributed by atoms with Crippen LogP contribution in [0.25, 0.3) is 0 Å². The second-order valence-corrected chi connectivity index (χ2v) is 9.91. The number of benzene rings is 1. The smallest absolute Gasteiger partial charge is 0.407 e. The Bertz CT molecular complexity index is 529. The molecule has 0 bridgehead atoms. The number of ether oxygens (including phenoxy) is 1. The van der Waals surface area contributed by atoms with Crippen LogP contribution in [0.15, 0.2) is 30.3 Å². The summed E-state index contributed by atoms with van der Waals surface area (Å²) in [7, 11) is -1.05. The zero-order valence-electron chi connectivity index (χ0n) is 15.0. The Morgan fingerprint density at radius 2 is 1.70 bits per heavy atom. The molecule has 0 radical (unpaired) electrons. The SMILES string of the molecule is CC(C)(C)OC(=O)N[C@@H](Cc1ccccc1)C[S@@](=O)C(C)(C)C. The number of nitrogens with one attached hydrogen (secondary N) is 1. The van der Waals surface area contributed by atoms with Gasteiger partial charge in [-0.15, -0.1) is 0 Å². The molecule has 1 rings (SSSR count). The molecule has 5 heteroatoms. The number of carbonyl (C=O) groups is 1. The molecule has 2 atom stereocenters. The molecule has 0 fully saturated rings. The van der Waals surface area contributed by atoms with Gasteiger partial charge in [-0.25, -0.2) is 4.79 Å². The van der Waals surface area contributed by atoms with E-state index in [2.05, 4.69) is 5.32 Å². The molecule has 0 saturated heterocycles. The summed E-state index contributed by atoms with van der Waals surface area (Å²) < 4.78 is 17.5. The van der Waals surface area contributed by atoms with Crippen LogP contribution in [0.4, 0.5) is 4.79 Å². The summed E-state index contributed by atoms with van der Waals surface area (Å²) in [4.78, 5) is 12.1. The fraction of sp³-hybridized carbons (Fsp3) is 0.611. The largest absolute Gasteiger partial charge is 0.444 e. The van der Waals surface area contributed by atoms with Gasteiger partial charge in [0.1, 0.15) is 5.60 Å². The normalized spacial score (nSPS) is 14.9. The minimum Gasteiger partial charge on any atom is -0.444 e. The molecule has 1 N–H and O–H groups in total. The van der Waals surface area contributed by atoms with Crippen molar-refractivity contribution in [3.63, 3.8) is 0 Å². The lowest BCUT2D eigenvalue weighted by Crippen LogP contribution is -2.44. The van der Waals surface area contributed by atoms with Gasteiger partial charge in [-0.1, -0.05) is 30.3 Å². The lowest BCUT2D eigenvalue weighted by atomic mass is 10.1. The van der Waals surface area contributed by atoms with Gasteiger partial charge in [-0.3, -0.25) is 4.21 Å². The maximum atomic E-state index is 12.5. The summed E-state index contributed by atoms with van der Waals surface area (Å²) in [5.41, 5.74) is 0.546. The molecule has 0 aliphatic rings. The summed E-state index contributed by atoms with van der Waals surface area (Å²) in [5, 5.41) is 2.87. The van der Waals surface area contributed by atoms with Crippen LogP contribution in [0, 0.1) is 0 Å². The highest BCUT2D eigenvalue weighted by Crippen LogP contribution is 2.15. The van der Waals surface area contributed by atoms with E-state index in [9.17, 15) is 9.00 Å². The van der Waals surface area contributed by atoms with E-state index in [0.717, 1.165) is 5.56 Å². The molecule has 0 saturated carbocycles. The van der Waals surface area contributed by atoms with Gasteiger partial charge in [-0.2, -0.15) is 0 Å². The van der Waals surface area contributed by atoms with Gasteiger partial charge in [0.15, 0.2) is 0 Å². The zero-order valence-corrected chi connectivity index (χ0v) is 15.8. The van der Waals surface area contributed by atoms with Crippen molar-refractivity contribution in [2.75, 3.05) is 5.75 Å². The summed E-state index contributed by atoms with van der Waals surface area (Å²) in [5.74, 6) is 0.400. The first-order chi connectivity index (χ1) is 10.5. The van der Waals surface area contributed by atoms with Crippen molar-refractivity contribution in [2.24, 2.45) is 0 Å². The summed E-state index contributed by atoms with van der Waals surface area (Å²) in [6.45, 7) is 11.3. The molecule has 0 aliphatic heterocycles. The Balaban J connectivity index is 2.80. The number of amides is 1. The van der Waals surface area contributed by atoms with E-state index in [-0.39, 0.29) is 10.8 Å². The van der Waals surface area contributed by atoms with Gasteiger partial charge in [0.25, 0.3) is 0 Å². The van der Waals surface area contributed by atoms with Crippen molar-refractivity contribution in [2.45, 2.75) is 64.4 Å². The van der Waals surface area contributed by atoms with Crippen molar-refractivity contribution in [3.8, 4) is 0 Å². The van der Waals surface area contributed by atoms with E-state index in [1.54, 1.807) is 0 Å². The second kappa shape index (κ2) is 7.95. The number of rotatable bonds is 5. The van der Waals surface area contributed by atoms with E-state index in [4.69, 9.17) is 4.74 Å². The van der Waals surface area contributed by atoms with Gasteiger partial charge in [0.2, 0.25) is 0 Å². The third-order valence-electron chi connectivity index (χ3n) is 3.08. The molecular formula is C18H29NO3S. The lowest BCUT2D eigenvalue weighted by molar-refractivity contribution is 0.0509. The predicted molar refractivity (Wildman–Crippen MR) is 96.1 cm³/mol. The van der Waals surface area contributed by atoms with Crippen LogP contribution in [0.3, 0.4) is 0 Å². The van der Waals surface area contributed by atoms with Crippen molar-refractivity contribution in [1.82, 2.24) is 5.32 Å². The molecule has 0 aromatic heterocycles. The highest BCUT2D eigenvalue weighted by Gasteiger charge is 2.26. The van der Waals surface area contributed by atoms with Crippen molar-refractivity contribution in [3.05, 3.63) is 35.9 Å². The van der Waals surface area contributed by atoms with E-state index in [1.165, 1.54) is 0 Å². The minimum absolute atomic E-state index is 0.229. The average molecular weight is 340 g/mol. The summed E-state index contributed by atoms with van der Waals surface area (Å²) >= 11 is 0. The zero-order chi connectivity index (χ0) is 17.7. The molecule has 1 aromatic carbocycles. The van der Waals surface area contributed by atoms with Crippen LogP contribution in [0.5, 0.6) is 0 Å². The summed E-state index contributed by atoms with van der Waals surface area (Å²) in [6, 6.07) is 9.65. The molecule has 1 amide bonds. The first-order valence-corrected chi connectivity index (χ1v) is 9.21. The second-order valence-electron chi connectivity index (χ2n) is 7.66. The number of alkyl carbamates (subject to hydrolysis) is 1. The highest BCUT2D eigenvalue weighted by atomic mass is 32.2. The number of carbonyl (C=O) groups excluding carboxylic acids is 1. The maximum absolute atomic E-state index is 12.5. The molecule has 1 aromatic rings. The minimum atomic E-state index is -1.05. The molecule has 0 aliphatic carbocycles. The van der Waals surface area contributed by atoms with Crippen molar-refractivity contribution < 1.29 is 13.7 Å². The Kier molecular flexibility index (Phi) is 6.81. The maximum Gasteiger partial charge on any atom is 0.407 e. The van der Waals surface area contributed by atoms with Gasteiger partial charge in [0.05, 0.1) is 0 Å². The van der Waals surface area contributed by atoms with Crippen LogP contribution in [0.1, 0.15) is 47.1 Å². The molecule has 0 unspecified atom stereocenters. The molecule has 4 nitrogen and oxygen atoms in total. The van der Waals surface area contributed by atoms with Gasteiger partial charge in [0, 0.05) is 27.3 Å². The van der Waals surface area contributed by atoms with Crippen LogP contribution in [-0.4, -0.2) is 32.4 Å². The number of hydrogen-bond acceptors (Lipinski definition) is 3. The van der Waals surface area contributed by atoms with Gasteiger partial charge >= 0.3 is 6.09 Å². The highest BCUT2D eigenvalue weighted by molar-refractivity contribution is 7.86. The Morgan fingerprint density at radius 1 is 1.13 bits per heavy atom. The van der Waals surface area contributed by atoms with Gasteiger partial charge < -0.3 is 10.1 Å². The first-order valence-electron chi connectivity index (χ1n) is 7.89. The quantitative estimate of drug-likeness (QED) is 0.890. The fourth-order valence-corrected chi connectivity index (χ4v) is 3.02.